The van der Waals surface area contributed by atoms with E-state index in [9.17, 15) is 14.4 Å². The molecule has 0 saturated heterocycles. The second kappa shape index (κ2) is 56.1. The first-order chi connectivity index (χ1) is 34.0. The fourth-order valence-corrected chi connectivity index (χ4v) is 7.08. The minimum atomic E-state index is -0.825. The van der Waals surface area contributed by atoms with E-state index in [0.717, 1.165) is 116 Å². The Morgan fingerprint density at radius 3 is 0.971 bits per heavy atom. The monoisotopic (exact) mass is 953 g/mol. The second-order valence-electron chi connectivity index (χ2n) is 17.7. The smallest absolute Gasteiger partial charge is 0.306 e. The predicted octanol–water partition coefficient (Wildman–Crippen LogP) is 18.6. The molecule has 388 valence electrons. The Labute approximate surface area is 424 Å². The number of unbranched alkanes of at least 4 members (excludes halogenated alkanes) is 15. The van der Waals surface area contributed by atoms with Gasteiger partial charge >= 0.3 is 17.9 Å². The molecule has 69 heavy (non-hydrogen) atoms. The van der Waals surface area contributed by atoms with Crippen molar-refractivity contribution >= 4 is 17.9 Å². The quantitative estimate of drug-likeness (QED) is 0.0262. The zero-order valence-electron chi connectivity index (χ0n) is 44.3. The molecule has 0 heterocycles. The number of carbonyl (C=O) groups is 3. The van der Waals surface area contributed by atoms with Crippen molar-refractivity contribution < 1.29 is 28.6 Å². The Kier molecular flexibility index (Phi) is 52.5. The summed E-state index contributed by atoms with van der Waals surface area (Å²) in [7, 11) is 0. The van der Waals surface area contributed by atoms with Gasteiger partial charge in [0, 0.05) is 19.3 Å². The highest BCUT2D eigenvalue weighted by Crippen LogP contribution is 2.14. The van der Waals surface area contributed by atoms with Gasteiger partial charge in [0.2, 0.25) is 0 Å². The SMILES string of the molecule is CC/C=C\C/C=C\C/C=C\C/C=C\C/C=C\C/C=C\CCC(=O)OC[C@H](COC(=O)CCCCC/C=C\C/C=C\C/C=C\C/C=C\C/C=C\CC)OC(=O)CCCCCCCCCCCCCCC. The minimum Gasteiger partial charge on any atom is -0.462 e. The number of carbonyl (C=O) groups excluding carboxylic acids is 3. The van der Waals surface area contributed by atoms with Crippen molar-refractivity contribution in [3.8, 4) is 0 Å². The first kappa shape index (κ1) is 64.5. The van der Waals surface area contributed by atoms with Crippen LogP contribution in [-0.2, 0) is 28.6 Å². The first-order valence-corrected chi connectivity index (χ1v) is 27.7. The van der Waals surface area contributed by atoms with Gasteiger partial charge in [-0.05, 0) is 103 Å². The van der Waals surface area contributed by atoms with E-state index in [1.165, 1.54) is 64.2 Å². The van der Waals surface area contributed by atoms with Crippen molar-refractivity contribution in [2.45, 2.75) is 232 Å². The highest BCUT2D eigenvalue weighted by molar-refractivity contribution is 5.71. The lowest BCUT2D eigenvalue weighted by molar-refractivity contribution is -0.166. The molecule has 0 aromatic carbocycles. The third-order valence-electron chi connectivity index (χ3n) is 11.2. The van der Waals surface area contributed by atoms with Gasteiger partial charge in [-0.1, -0.05) is 238 Å². The molecule has 0 radical (unpaired) electrons. The highest BCUT2D eigenvalue weighted by atomic mass is 16.6. The lowest BCUT2D eigenvalue weighted by atomic mass is 10.0. The van der Waals surface area contributed by atoms with Crippen LogP contribution in [0.1, 0.15) is 226 Å². The molecule has 0 aromatic rings. The zero-order chi connectivity index (χ0) is 50.0. The second-order valence-corrected chi connectivity index (χ2v) is 17.7. The van der Waals surface area contributed by atoms with E-state index in [-0.39, 0.29) is 37.5 Å². The van der Waals surface area contributed by atoms with Gasteiger partial charge in [-0.15, -0.1) is 0 Å². The molecule has 0 aliphatic heterocycles. The van der Waals surface area contributed by atoms with E-state index in [1.54, 1.807) is 0 Å². The maximum absolute atomic E-state index is 12.8. The third kappa shape index (κ3) is 54.4. The molecule has 0 bridgehead atoms. The fraction of sp³-hybridized carbons (Fsp3) is 0.603. The van der Waals surface area contributed by atoms with E-state index >= 15 is 0 Å². The Morgan fingerprint density at radius 2 is 0.594 bits per heavy atom. The number of ether oxygens (including phenoxy) is 3. The van der Waals surface area contributed by atoms with Crippen LogP contribution >= 0.6 is 0 Å². The maximum Gasteiger partial charge on any atom is 0.306 e. The normalized spacial score (nSPS) is 13.1. The van der Waals surface area contributed by atoms with Crippen LogP contribution in [0.4, 0.5) is 0 Å². The molecule has 0 rings (SSSR count). The van der Waals surface area contributed by atoms with E-state index in [1.807, 2.05) is 12.2 Å². The van der Waals surface area contributed by atoms with E-state index in [4.69, 9.17) is 14.2 Å². The lowest BCUT2D eigenvalue weighted by Crippen LogP contribution is -2.30. The Bertz CT molecular complexity index is 1510. The van der Waals surface area contributed by atoms with Crippen LogP contribution in [0.5, 0.6) is 0 Å². The molecule has 1 atom stereocenters. The summed E-state index contributed by atoms with van der Waals surface area (Å²) in [5, 5.41) is 0. The van der Waals surface area contributed by atoms with Crippen molar-refractivity contribution in [2.75, 3.05) is 13.2 Å². The number of hydrogen-bond acceptors (Lipinski definition) is 6. The summed E-state index contributed by atoms with van der Waals surface area (Å²) in [6.45, 7) is 6.31. The molecule has 0 N–H and O–H groups in total. The van der Waals surface area contributed by atoms with Crippen molar-refractivity contribution in [1.29, 1.82) is 0 Å². The molecule has 0 amide bonds. The molecule has 0 saturated carbocycles. The van der Waals surface area contributed by atoms with Gasteiger partial charge in [-0.3, -0.25) is 14.4 Å². The summed E-state index contributed by atoms with van der Waals surface area (Å²) in [6, 6.07) is 0. The largest absolute Gasteiger partial charge is 0.462 e. The van der Waals surface area contributed by atoms with Gasteiger partial charge in [0.25, 0.3) is 0 Å². The van der Waals surface area contributed by atoms with E-state index < -0.39 is 6.10 Å². The third-order valence-corrected chi connectivity index (χ3v) is 11.2. The molecule has 0 spiro atoms. The number of esters is 3. The molecular formula is C63H100O6. The Balaban J connectivity index is 4.56. The van der Waals surface area contributed by atoms with Crippen molar-refractivity contribution in [3.05, 3.63) is 134 Å². The predicted molar refractivity (Wildman–Crippen MR) is 297 cm³/mol. The Morgan fingerprint density at radius 1 is 0.304 bits per heavy atom. The van der Waals surface area contributed by atoms with Crippen LogP contribution in [0, 0.1) is 0 Å². The van der Waals surface area contributed by atoms with Gasteiger partial charge in [-0.25, -0.2) is 0 Å². The van der Waals surface area contributed by atoms with E-state index in [2.05, 4.69) is 142 Å². The molecular weight excluding hydrogens is 853 g/mol. The average molecular weight is 953 g/mol. The van der Waals surface area contributed by atoms with Crippen LogP contribution in [0.3, 0.4) is 0 Å². The summed E-state index contributed by atoms with van der Waals surface area (Å²) >= 11 is 0. The van der Waals surface area contributed by atoms with Crippen LogP contribution in [0.2, 0.25) is 0 Å². The molecule has 6 nitrogen and oxygen atoms in total. The van der Waals surface area contributed by atoms with Crippen LogP contribution < -0.4 is 0 Å². The molecule has 0 aliphatic carbocycles. The summed E-state index contributed by atoms with van der Waals surface area (Å²) in [5.74, 6) is -1.04. The summed E-state index contributed by atoms with van der Waals surface area (Å²) < 4.78 is 16.7. The van der Waals surface area contributed by atoms with Gasteiger partial charge in [0.1, 0.15) is 13.2 Å². The first-order valence-electron chi connectivity index (χ1n) is 27.7. The average Bonchev–Trinajstić information content (AvgIpc) is 3.35. The molecule has 0 fully saturated rings. The Hall–Kier alpha value is -4.45. The van der Waals surface area contributed by atoms with Gasteiger partial charge in [-0.2, -0.15) is 0 Å². The maximum atomic E-state index is 12.8. The van der Waals surface area contributed by atoms with Crippen LogP contribution in [-0.4, -0.2) is 37.2 Å². The molecule has 0 aromatic heterocycles. The lowest BCUT2D eigenvalue weighted by Gasteiger charge is -2.18. The number of hydrogen-bond donors (Lipinski definition) is 0. The highest BCUT2D eigenvalue weighted by Gasteiger charge is 2.19. The zero-order valence-corrected chi connectivity index (χ0v) is 44.3. The van der Waals surface area contributed by atoms with Gasteiger partial charge < -0.3 is 14.2 Å². The van der Waals surface area contributed by atoms with Crippen LogP contribution in [0.25, 0.3) is 0 Å². The standard InChI is InChI=1S/C63H100O6/c1-4-7-10-13-16-19-22-25-27-29-31-33-35-38-40-43-46-49-52-55-61(64)67-58-60(69-63(66)57-54-51-48-45-42-37-24-21-18-15-12-9-6-3)59-68-62(65)56-53-50-47-44-41-39-36-34-32-30-28-26-23-20-17-14-11-8-5-2/h7-8,10-11,16-17,19-20,25-28,31-34,38-41,46,49,60H,4-6,9,12-15,18,21-24,29-30,35-37,42-45,47-48,50-59H2,1-3H3/b10-7-,11-8-,19-16-,20-17-,27-25-,28-26-,33-31-,34-32-,40-38-,41-39-,49-46-/t60-/m1/s1. The minimum absolute atomic E-state index is 0.121. The summed E-state index contributed by atoms with van der Waals surface area (Å²) in [6.07, 6.45) is 78.8. The van der Waals surface area contributed by atoms with Gasteiger partial charge in [0.05, 0.1) is 0 Å². The van der Waals surface area contributed by atoms with E-state index in [0.29, 0.717) is 19.3 Å². The fourth-order valence-electron chi connectivity index (χ4n) is 7.08. The van der Waals surface area contributed by atoms with Crippen molar-refractivity contribution in [3.63, 3.8) is 0 Å². The summed E-state index contributed by atoms with van der Waals surface area (Å²) in [5.41, 5.74) is 0. The number of rotatable bonds is 48. The molecule has 0 unspecified atom stereocenters. The number of allylic oxidation sites excluding steroid dienone is 22. The molecule has 6 heteroatoms. The summed E-state index contributed by atoms with van der Waals surface area (Å²) in [4.78, 5) is 38.1. The van der Waals surface area contributed by atoms with Crippen molar-refractivity contribution in [1.82, 2.24) is 0 Å². The molecule has 0 aliphatic rings. The topological polar surface area (TPSA) is 78.9 Å². The van der Waals surface area contributed by atoms with Crippen molar-refractivity contribution in [2.24, 2.45) is 0 Å². The van der Waals surface area contributed by atoms with Gasteiger partial charge in [0.15, 0.2) is 6.10 Å². The van der Waals surface area contributed by atoms with Crippen LogP contribution in [0.15, 0.2) is 134 Å².